The minimum Gasteiger partial charge on any atom is -0.313 e. The van der Waals surface area contributed by atoms with Crippen LogP contribution in [0.2, 0.25) is 0 Å². The number of hydrogen-bond donors (Lipinski definition) is 1. The molecule has 1 N–H and O–H groups in total. The molecule has 3 rings (SSSR count). The Morgan fingerprint density at radius 2 is 1.82 bits per heavy atom. The summed E-state index contributed by atoms with van der Waals surface area (Å²) in [6, 6.07) is 12.9. The quantitative estimate of drug-likeness (QED) is 0.742. The van der Waals surface area contributed by atoms with Crippen LogP contribution in [0.25, 0.3) is 12.2 Å². The zero-order valence-corrected chi connectivity index (χ0v) is 12.3. The van der Waals surface area contributed by atoms with Crippen molar-refractivity contribution in [2.24, 2.45) is 0 Å². The van der Waals surface area contributed by atoms with E-state index in [1.807, 2.05) is 30.3 Å². The van der Waals surface area contributed by atoms with Crippen molar-refractivity contribution in [2.45, 2.75) is 0 Å². The number of pyridine rings is 1. The van der Waals surface area contributed by atoms with E-state index in [1.165, 1.54) is 17.4 Å². The smallest absolute Gasteiger partial charge is 0.266 e. The summed E-state index contributed by atoms with van der Waals surface area (Å²) < 4.78 is 1.11. The molecule has 22 heavy (non-hydrogen) atoms. The number of nitrogens with one attached hydrogen (secondary N) is 1. The molecule has 0 fully saturated rings. The predicted octanol–water partition coefficient (Wildman–Crippen LogP) is 1.32. The average Bonchev–Trinajstić information content (AvgIpc) is 2.88. The molecule has 0 saturated carbocycles. The summed E-state index contributed by atoms with van der Waals surface area (Å²) in [5, 5.41) is 0. The third kappa shape index (κ3) is 3.27. The molecular formula is C17H12N2O2S. The summed E-state index contributed by atoms with van der Waals surface area (Å²) in [6.07, 6.45) is 6.36. The zero-order valence-electron chi connectivity index (χ0n) is 11.5. The maximum Gasteiger partial charge on any atom is 0.266 e. The maximum absolute atomic E-state index is 12.1. The topological polar surface area (TPSA) is 62.8 Å². The molecule has 1 aromatic carbocycles. The number of hydrogen-bond acceptors (Lipinski definition) is 4. The Bertz CT molecular complexity index is 957. The van der Waals surface area contributed by atoms with Crippen LogP contribution < -0.4 is 14.8 Å². The lowest BCUT2D eigenvalue weighted by atomic mass is 10.2. The molecule has 0 bridgehead atoms. The molecule has 108 valence electrons. The number of H-pyrrole nitrogens is 1. The number of Topliss-reactive ketones (excluding diaryl/α,β-unsaturated/α-hetero) is 1. The van der Waals surface area contributed by atoms with Crippen LogP contribution in [0.4, 0.5) is 0 Å². The Morgan fingerprint density at radius 3 is 2.55 bits per heavy atom. The molecule has 0 aliphatic heterocycles. The van der Waals surface area contributed by atoms with Gasteiger partial charge < -0.3 is 4.98 Å². The average molecular weight is 308 g/mol. The van der Waals surface area contributed by atoms with Gasteiger partial charge in [0.2, 0.25) is 0 Å². The molecule has 2 aromatic heterocycles. The van der Waals surface area contributed by atoms with Gasteiger partial charge >= 0.3 is 0 Å². The van der Waals surface area contributed by atoms with Crippen LogP contribution in [0, 0.1) is 0 Å². The van der Waals surface area contributed by atoms with Crippen molar-refractivity contribution in [2.75, 3.05) is 0 Å². The normalized spacial score (nSPS) is 12.5. The highest BCUT2D eigenvalue weighted by Gasteiger charge is 2.02. The Hall–Kier alpha value is -2.79. The number of carbonyl (C=O) groups is 1. The first-order chi connectivity index (χ1) is 10.7. The fourth-order valence-corrected chi connectivity index (χ4v) is 2.83. The molecule has 0 spiro atoms. The van der Waals surface area contributed by atoms with Crippen LogP contribution in [0.1, 0.15) is 15.9 Å². The van der Waals surface area contributed by atoms with Gasteiger partial charge in [0.1, 0.15) is 0 Å². The second kappa shape index (κ2) is 6.32. The lowest BCUT2D eigenvalue weighted by Crippen LogP contribution is -2.19. The van der Waals surface area contributed by atoms with Gasteiger partial charge in [0.05, 0.1) is 9.20 Å². The van der Waals surface area contributed by atoms with Gasteiger partial charge in [-0.15, -0.1) is 11.3 Å². The Balaban J connectivity index is 2.00. The molecule has 0 aliphatic rings. The van der Waals surface area contributed by atoms with Gasteiger partial charge in [-0.2, -0.15) is 0 Å². The molecule has 5 heteroatoms. The minimum atomic E-state index is -0.192. The summed E-state index contributed by atoms with van der Waals surface area (Å²) in [6.45, 7) is 0. The number of ketones is 1. The molecule has 0 unspecified atom stereocenters. The third-order valence-corrected chi connectivity index (χ3v) is 3.97. The highest BCUT2D eigenvalue weighted by molar-refractivity contribution is 7.07. The van der Waals surface area contributed by atoms with E-state index < -0.39 is 0 Å². The summed E-state index contributed by atoms with van der Waals surface area (Å²) in [5.74, 6) is -0.161. The number of benzene rings is 1. The van der Waals surface area contributed by atoms with E-state index in [2.05, 4.69) is 9.97 Å². The van der Waals surface area contributed by atoms with Crippen molar-refractivity contribution in [1.82, 2.24) is 9.97 Å². The monoisotopic (exact) mass is 308 g/mol. The van der Waals surface area contributed by atoms with Gasteiger partial charge in [-0.3, -0.25) is 14.6 Å². The number of aromatic amines is 1. The van der Waals surface area contributed by atoms with Gasteiger partial charge in [0, 0.05) is 24.0 Å². The predicted molar refractivity (Wildman–Crippen MR) is 87.2 cm³/mol. The first-order valence-electron chi connectivity index (χ1n) is 6.64. The Morgan fingerprint density at radius 1 is 1.09 bits per heavy atom. The molecule has 0 aliphatic carbocycles. The maximum atomic E-state index is 12.1. The molecule has 0 amide bonds. The fraction of sp³-hybridized carbons (Fsp3) is 0. The molecule has 4 nitrogen and oxygen atoms in total. The SMILES string of the molecule is O=C(/C=c1/[nH]c(=O)/c(=C/c2ccccc2)s1)c1ccncc1. The lowest BCUT2D eigenvalue weighted by molar-refractivity contribution is 0.106. The molecule has 3 aromatic rings. The van der Waals surface area contributed by atoms with E-state index in [0.29, 0.717) is 14.8 Å². The van der Waals surface area contributed by atoms with Crippen LogP contribution in [-0.4, -0.2) is 15.8 Å². The van der Waals surface area contributed by atoms with E-state index in [1.54, 1.807) is 30.6 Å². The summed E-state index contributed by atoms with van der Waals surface area (Å²) >= 11 is 1.26. The largest absolute Gasteiger partial charge is 0.313 e. The van der Waals surface area contributed by atoms with Crippen LogP contribution in [0.5, 0.6) is 0 Å². The van der Waals surface area contributed by atoms with Gasteiger partial charge in [-0.05, 0) is 23.8 Å². The van der Waals surface area contributed by atoms with Crippen molar-refractivity contribution in [1.29, 1.82) is 0 Å². The van der Waals surface area contributed by atoms with E-state index in [-0.39, 0.29) is 11.3 Å². The number of nitrogens with zero attached hydrogens (tertiary/aromatic N) is 1. The van der Waals surface area contributed by atoms with Gasteiger partial charge in [0.15, 0.2) is 5.78 Å². The second-order valence-electron chi connectivity index (χ2n) is 4.58. The van der Waals surface area contributed by atoms with Gasteiger partial charge in [-0.1, -0.05) is 30.3 Å². The molecular weight excluding hydrogens is 296 g/mol. The van der Waals surface area contributed by atoms with Crippen LogP contribution in [0.15, 0.2) is 59.7 Å². The summed E-state index contributed by atoms with van der Waals surface area (Å²) in [5.41, 5.74) is 1.29. The van der Waals surface area contributed by atoms with E-state index in [9.17, 15) is 9.59 Å². The summed E-state index contributed by atoms with van der Waals surface area (Å²) in [7, 11) is 0. The molecule has 2 heterocycles. The standard InChI is InChI=1S/C17H12N2O2S/c20-14(13-6-8-18-9-7-13)11-16-19-17(21)15(22-16)10-12-4-2-1-3-5-12/h1-11H,(H,19,21)/b15-10-,16-11-. The van der Waals surface area contributed by atoms with Crippen LogP contribution in [0.3, 0.4) is 0 Å². The van der Waals surface area contributed by atoms with Crippen molar-refractivity contribution >= 4 is 29.3 Å². The van der Waals surface area contributed by atoms with Crippen molar-refractivity contribution in [3.8, 4) is 0 Å². The van der Waals surface area contributed by atoms with E-state index >= 15 is 0 Å². The number of carbonyl (C=O) groups excluding carboxylic acids is 1. The third-order valence-electron chi connectivity index (χ3n) is 3.00. The van der Waals surface area contributed by atoms with E-state index in [0.717, 1.165) is 5.56 Å². The van der Waals surface area contributed by atoms with E-state index in [4.69, 9.17) is 0 Å². The fourth-order valence-electron chi connectivity index (χ4n) is 1.94. The highest BCUT2D eigenvalue weighted by atomic mass is 32.1. The number of aromatic nitrogens is 2. The first kappa shape index (κ1) is 14.2. The Kier molecular flexibility index (Phi) is 4.07. The zero-order chi connectivity index (χ0) is 15.4. The van der Waals surface area contributed by atoms with Crippen molar-refractivity contribution in [3.63, 3.8) is 0 Å². The number of rotatable bonds is 3. The minimum absolute atomic E-state index is 0.161. The van der Waals surface area contributed by atoms with Gasteiger partial charge in [-0.25, -0.2) is 0 Å². The van der Waals surface area contributed by atoms with Crippen molar-refractivity contribution < 1.29 is 4.79 Å². The molecule has 0 atom stereocenters. The lowest BCUT2D eigenvalue weighted by Gasteiger charge is -1.91. The molecule has 0 radical (unpaired) electrons. The van der Waals surface area contributed by atoms with Crippen LogP contribution >= 0.6 is 11.3 Å². The van der Waals surface area contributed by atoms with Crippen molar-refractivity contribution in [3.05, 3.63) is 85.5 Å². The molecule has 0 saturated heterocycles. The summed E-state index contributed by atoms with van der Waals surface area (Å²) in [4.78, 5) is 30.6. The second-order valence-corrected chi connectivity index (χ2v) is 5.67. The Labute approximate surface area is 130 Å². The first-order valence-corrected chi connectivity index (χ1v) is 7.46. The van der Waals surface area contributed by atoms with Crippen LogP contribution in [-0.2, 0) is 0 Å². The highest BCUT2D eigenvalue weighted by Crippen LogP contribution is 1.99. The van der Waals surface area contributed by atoms with Gasteiger partial charge in [0.25, 0.3) is 5.56 Å². The number of thiazole rings is 1.